The molecule has 0 amide bonds. The number of hydrazine groups is 1. The number of pyridine rings is 1. The third kappa shape index (κ3) is 2.16. The lowest BCUT2D eigenvalue weighted by molar-refractivity contribution is 0.176. The van der Waals surface area contributed by atoms with E-state index in [1.54, 1.807) is 13.3 Å². The maximum absolute atomic E-state index is 5.62. The Hall–Kier alpha value is -1.17. The molecule has 1 aromatic heterocycles. The summed E-state index contributed by atoms with van der Waals surface area (Å²) in [6, 6.07) is 3.90. The summed E-state index contributed by atoms with van der Waals surface area (Å²) in [5, 5.41) is 0. The first-order valence-electron chi connectivity index (χ1n) is 5.39. The van der Waals surface area contributed by atoms with E-state index in [0.29, 0.717) is 11.8 Å². The van der Waals surface area contributed by atoms with Crippen molar-refractivity contribution in [3.05, 3.63) is 23.9 Å². The molecule has 3 N–H and O–H groups in total. The van der Waals surface area contributed by atoms with Gasteiger partial charge in [0.25, 0.3) is 0 Å². The van der Waals surface area contributed by atoms with E-state index in [0.717, 1.165) is 25.2 Å². The monoisotopic (exact) mass is 223 g/mol. The molecule has 2 heterocycles. The zero-order valence-electron chi connectivity index (χ0n) is 9.35. The summed E-state index contributed by atoms with van der Waals surface area (Å²) in [6.07, 6.45) is 2.72. The van der Waals surface area contributed by atoms with Gasteiger partial charge in [-0.1, -0.05) is 6.07 Å². The molecule has 0 aromatic carbocycles. The molecule has 1 aliphatic heterocycles. The lowest BCUT2D eigenvalue weighted by Crippen LogP contribution is -2.34. The van der Waals surface area contributed by atoms with E-state index in [4.69, 9.17) is 15.3 Å². The fourth-order valence-electron chi connectivity index (χ4n) is 2.11. The van der Waals surface area contributed by atoms with Crippen molar-refractivity contribution in [2.24, 2.45) is 11.8 Å². The number of aromatic nitrogens is 1. The quantitative estimate of drug-likeness (QED) is 0.579. The number of nitrogens with two attached hydrogens (primary N) is 1. The van der Waals surface area contributed by atoms with Gasteiger partial charge in [-0.3, -0.25) is 11.3 Å². The Kier molecular flexibility index (Phi) is 3.71. The van der Waals surface area contributed by atoms with Gasteiger partial charge in [0.1, 0.15) is 0 Å². The minimum absolute atomic E-state index is 0.0335. The van der Waals surface area contributed by atoms with Crippen LogP contribution in [0.25, 0.3) is 0 Å². The van der Waals surface area contributed by atoms with Crippen LogP contribution in [-0.2, 0) is 4.74 Å². The average Bonchev–Trinajstić information content (AvgIpc) is 2.84. The summed E-state index contributed by atoms with van der Waals surface area (Å²) < 4.78 is 10.6. The average molecular weight is 223 g/mol. The molecule has 1 aliphatic rings. The molecule has 2 atom stereocenters. The van der Waals surface area contributed by atoms with Crippen molar-refractivity contribution in [1.29, 1.82) is 0 Å². The van der Waals surface area contributed by atoms with Crippen LogP contribution in [0.5, 0.6) is 5.88 Å². The largest absolute Gasteiger partial charge is 0.481 e. The van der Waals surface area contributed by atoms with Gasteiger partial charge < -0.3 is 9.47 Å². The summed E-state index contributed by atoms with van der Waals surface area (Å²) in [7, 11) is 1.62. The SMILES string of the molecule is COc1ncccc1C(NN)C1CCOC1. The standard InChI is InChI=1S/C11H17N3O2/c1-15-11-9(3-2-5-13-11)10(14-12)8-4-6-16-7-8/h2-3,5,8,10,14H,4,6-7,12H2,1H3. The minimum Gasteiger partial charge on any atom is -0.481 e. The van der Waals surface area contributed by atoms with Gasteiger partial charge in [0.15, 0.2) is 0 Å². The van der Waals surface area contributed by atoms with Crippen LogP contribution in [0.1, 0.15) is 18.0 Å². The molecular weight excluding hydrogens is 206 g/mol. The second-order valence-corrected chi connectivity index (χ2v) is 3.87. The van der Waals surface area contributed by atoms with Crippen LogP contribution in [0, 0.1) is 5.92 Å². The molecule has 2 unspecified atom stereocenters. The Labute approximate surface area is 94.9 Å². The van der Waals surface area contributed by atoms with E-state index in [-0.39, 0.29) is 6.04 Å². The molecule has 1 aromatic rings. The van der Waals surface area contributed by atoms with Crippen molar-refractivity contribution in [2.75, 3.05) is 20.3 Å². The first kappa shape index (κ1) is 11.3. The highest BCUT2D eigenvalue weighted by Crippen LogP contribution is 2.32. The van der Waals surface area contributed by atoms with Gasteiger partial charge in [0.05, 0.1) is 19.8 Å². The number of nitrogens with one attached hydrogen (secondary N) is 1. The fraction of sp³-hybridized carbons (Fsp3) is 0.545. The van der Waals surface area contributed by atoms with Crippen LogP contribution in [0.15, 0.2) is 18.3 Å². The minimum atomic E-state index is 0.0335. The molecule has 0 radical (unpaired) electrons. The Morgan fingerprint density at radius 3 is 3.19 bits per heavy atom. The number of hydrogen-bond acceptors (Lipinski definition) is 5. The van der Waals surface area contributed by atoms with Crippen LogP contribution in [0.4, 0.5) is 0 Å². The lowest BCUT2D eigenvalue weighted by Gasteiger charge is -2.22. The highest BCUT2D eigenvalue weighted by Gasteiger charge is 2.28. The van der Waals surface area contributed by atoms with E-state index in [1.165, 1.54) is 0 Å². The summed E-state index contributed by atoms with van der Waals surface area (Å²) >= 11 is 0. The third-order valence-electron chi connectivity index (χ3n) is 2.94. The van der Waals surface area contributed by atoms with Crippen molar-refractivity contribution in [3.63, 3.8) is 0 Å². The predicted molar refractivity (Wildman–Crippen MR) is 59.8 cm³/mol. The van der Waals surface area contributed by atoms with Crippen LogP contribution >= 0.6 is 0 Å². The molecule has 0 bridgehead atoms. The van der Waals surface area contributed by atoms with Gasteiger partial charge in [-0.15, -0.1) is 0 Å². The lowest BCUT2D eigenvalue weighted by atomic mass is 9.93. The Morgan fingerprint density at radius 1 is 1.69 bits per heavy atom. The van der Waals surface area contributed by atoms with Gasteiger partial charge in [-0.2, -0.15) is 0 Å². The van der Waals surface area contributed by atoms with Crippen molar-refractivity contribution >= 4 is 0 Å². The number of nitrogens with zero attached hydrogens (tertiary/aromatic N) is 1. The summed E-state index contributed by atoms with van der Waals surface area (Å²) in [5.41, 5.74) is 3.82. The third-order valence-corrected chi connectivity index (χ3v) is 2.94. The Balaban J connectivity index is 2.24. The molecule has 5 nitrogen and oxygen atoms in total. The smallest absolute Gasteiger partial charge is 0.217 e. The van der Waals surface area contributed by atoms with E-state index in [1.807, 2.05) is 12.1 Å². The van der Waals surface area contributed by atoms with Crippen LogP contribution in [-0.4, -0.2) is 25.3 Å². The van der Waals surface area contributed by atoms with E-state index in [9.17, 15) is 0 Å². The molecule has 0 spiro atoms. The first-order valence-corrected chi connectivity index (χ1v) is 5.39. The first-order chi connectivity index (χ1) is 7.86. The fourth-order valence-corrected chi connectivity index (χ4v) is 2.11. The van der Waals surface area contributed by atoms with Crippen molar-refractivity contribution in [2.45, 2.75) is 12.5 Å². The maximum atomic E-state index is 5.62. The zero-order chi connectivity index (χ0) is 11.4. The number of rotatable bonds is 4. The highest BCUT2D eigenvalue weighted by atomic mass is 16.5. The van der Waals surface area contributed by atoms with Gasteiger partial charge in [0.2, 0.25) is 5.88 Å². The normalized spacial score (nSPS) is 22.0. The maximum Gasteiger partial charge on any atom is 0.217 e. The van der Waals surface area contributed by atoms with Crippen LogP contribution in [0.2, 0.25) is 0 Å². The van der Waals surface area contributed by atoms with Crippen molar-refractivity contribution < 1.29 is 9.47 Å². The van der Waals surface area contributed by atoms with Crippen LogP contribution < -0.4 is 16.0 Å². The Bertz CT molecular complexity index is 340. The number of methoxy groups -OCH3 is 1. The second kappa shape index (κ2) is 5.25. The van der Waals surface area contributed by atoms with Crippen molar-refractivity contribution in [1.82, 2.24) is 10.4 Å². The molecular formula is C11H17N3O2. The van der Waals surface area contributed by atoms with Crippen LogP contribution in [0.3, 0.4) is 0 Å². The summed E-state index contributed by atoms with van der Waals surface area (Å²) in [6.45, 7) is 1.53. The summed E-state index contributed by atoms with van der Waals surface area (Å²) in [5.74, 6) is 6.62. The molecule has 0 saturated carbocycles. The molecule has 88 valence electrons. The molecule has 5 heteroatoms. The van der Waals surface area contributed by atoms with E-state index in [2.05, 4.69) is 10.4 Å². The van der Waals surface area contributed by atoms with Gasteiger partial charge in [-0.05, 0) is 12.5 Å². The highest BCUT2D eigenvalue weighted by molar-refractivity contribution is 5.29. The van der Waals surface area contributed by atoms with E-state index < -0.39 is 0 Å². The molecule has 0 aliphatic carbocycles. The summed E-state index contributed by atoms with van der Waals surface area (Å²) in [4.78, 5) is 4.18. The van der Waals surface area contributed by atoms with Gasteiger partial charge in [0, 0.05) is 24.3 Å². The predicted octanol–water partition coefficient (Wildman–Crippen LogP) is 0.631. The second-order valence-electron chi connectivity index (χ2n) is 3.87. The van der Waals surface area contributed by atoms with Crippen molar-refractivity contribution in [3.8, 4) is 5.88 Å². The number of hydrogen-bond donors (Lipinski definition) is 2. The zero-order valence-corrected chi connectivity index (χ0v) is 9.35. The molecule has 16 heavy (non-hydrogen) atoms. The molecule has 2 rings (SSSR count). The topological polar surface area (TPSA) is 69.4 Å². The van der Waals surface area contributed by atoms with Gasteiger partial charge in [-0.25, -0.2) is 4.98 Å². The number of ether oxygens (including phenoxy) is 2. The van der Waals surface area contributed by atoms with E-state index >= 15 is 0 Å². The van der Waals surface area contributed by atoms with Gasteiger partial charge >= 0.3 is 0 Å². The molecule has 1 fully saturated rings. The Morgan fingerprint density at radius 2 is 2.56 bits per heavy atom. The molecule has 1 saturated heterocycles.